The minimum atomic E-state index is -0.501. The van der Waals surface area contributed by atoms with Crippen LogP contribution in [-0.2, 0) is 4.79 Å². The Hall–Kier alpha value is -2.38. The lowest BCUT2D eigenvalue weighted by Crippen LogP contribution is -2.46. The van der Waals surface area contributed by atoms with Gasteiger partial charge in [-0.25, -0.2) is 0 Å². The highest BCUT2D eigenvalue weighted by molar-refractivity contribution is 6.06. The first kappa shape index (κ1) is 20.5. The number of carbonyl (C=O) groups is 2. The molecule has 0 saturated carbocycles. The van der Waals surface area contributed by atoms with Gasteiger partial charge in [0.25, 0.3) is 0 Å². The number of nitrogens with zero attached hydrogens (tertiary/aromatic N) is 2. The molecule has 1 fully saturated rings. The number of hydrogen-bond donors (Lipinski definition) is 0. The van der Waals surface area contributed by atoms with Gasteiger partial charge in [0.1, 0.15) is 28.8 Å². The molecule has 1 aromatic rings. The highest BCUT2D eigenvalue weighted by atomic mass is 16.5. The molecule has 166 valence electrons. The summed E-state index contributed by atoms with van der Waals surface area (Å²) in [4.78, 5) is 30.4. The second kappa shape index (κ2) is 7.35. The Morgan fingerprint density at radius 3 is 2.55 bits per heavy atom. The molecule has 0 aliphatic carbocycles. The molecule has 0 N–H and O–H groups in total. The Bertz CT molecular complexity index is 975. The van der Waals surface area contributed by atoms with Crippen molar-refractivity contribution in [1.82, 2.24) is 9.80 Å². The van der Waals surface area contributed by atoms with Crippen LogP contribution < -0.4 is 14.2 Å². The highest BCUT2D eigenvalue weighted by Gasteiger charge is 2.43. The fraction of sp³-hybridized carbons (Fsp3) is 0.583. The van der Waals surface area contributed by atoms with E-state index in [-0.39, 0.29) is 36.6 Å². The van der Waals surface area contributed by atoms with Crippen molar-refractivity contribution in [3.8, 4) is 17.2 Å². The van der Waals surface area contributed by atoms with E-state index in [1.807, 2.05) is 32.9 Å². The highest BCUT2D eigenvalue weighted by Crippen LogP contribution is 2.54. The van der Waals surface area contributed by atoms with Crippen molar-refractivity contribution in [3.05, 3.63) is 22.8 Å². The second-order valence-electron chi connectivity index (χ2n) is 9.76. The maximum absolute atomic E-state index is 13.1. The third kappa shape index (κ3) is 3.64. The van der Waals surface area contributed by atoms with E-state index in [1.165, 1.54) is 0 Å². The van der Waals surface area contributed by atoms with Gasteiger partial charge in [-0.15, -0.1) is 0 Å². The SMILES string of the molecule is CC1CC(=O)c2c(c3c(c4c2OC(=O)CC4CN2CCN(C)CC2)OC(C)(C)C=C3)O1. The molecule has 1 aromatic carbocycles. The van der Waals surface area contributed by atoms with Crippen LogP contribution in [0.2, 0.25) is 0 Å². The van der Waals surface area contributed by atoms with Crippen LogP contribution in [0.1, 0.15) is 61.0 Å². The van der Waals surface area contributed by atoms with Gasteiger partial charge in [0.05, 0.1) is 12.0 Å². The lowest BCUT2D eigenvalue weighted by molar-refractivity contribution is -0.136. The van der Waals surface area contributed by atoms with Gasteiger partial charge in [-0.2, -0.15) is 0 Å². The van der Waals surface area contributed by atoms with Gasteiger partial charge in [-0.1, -0.05) is 0 Å². The number of benzene rings is 1. The summed E-state index contributed by atoms with van der Waals surface area (Å²) in [6.07, 6.45) is 4.30. The maximum Gasteiger partial charge on any atom is 0.311 e. The number of ketones is 1. The summed E-state index contributed by atoms with van der Waals surface area (Å²) < 4.78 is 18.3. The van der Waals surface area contributed by atoms with Crippen LogP contribution in [0.4, 0.5) is 0 Å². The van der Waals surface area contributed by atoms with Gasteiger partial charge in [-0.3, -0.25) is 9.59 Å². The number of likely N-dealkylation sites (N-methyl/N-ethyl adjacent to an activating group) is 1. The quantitative estimate of drug-likeness (QED) is 0.532. The molecule has 31 heavy (non-hydrogen) atoms. The van der Waals surface area contributed by atoms with Gasteiger partial charge in [0.2, 0.25) is 0 Å². The number of fused-ring (bicyclic) bond motifs is 6. The van der Waals surface area contributed by atoms with E-state index in [1.54, 1.807) is 0 Å². The zero-order valence-corrected chi connectivity index (χ0v) is 18.7. The zero-order chi connectivity index (χ0) is 21.9. The number of hydrogen-bond acceptors (Lipinski definition) is 7. The molecule has 2 unspecified atom stereocenters. The van der Waals surface area contributed by atoms with Crippen LogP contribution >= 0.6 is 0 Å². The van der Waals surface area contributed by atoms with Crippen molar-refractivity contribution in [2.75, 3.05) is 39.8 Å². The number of ether oxygens (including phenoxy) is 3. The van der Waals surface area contributed by atoms with E-state index < -0.39 is 5.60 Å². The lowest BCUT2D eigenvalue weighted by atomic mass is 9.83. The molecule has 7 nitrogen and oxygen atoms in total. The minimum Gasteiger partial charge on any atom is -0.489 e. The fourth-order valence-electron chi connectivity index (χ4n) is 4.98. The van der Waals surface area contributed by atoms with E-state index in [0.717, 1.165) is 43.9 Å². The predicted molar refractivity (Wildman–Crippen MR) is 116 cm³/mol. The number of carbonyl (C=O) groups excluding carboxylic acids is 2. The standard InChI is InChI=1S/C24H30N2O5/c1-14-11-17(27)20-21(29-14)16-5-6-24(2,3)31-22(16)19-15(12-18(28)30-23(19)20)13-26-9-7-25(4)8-10-26/h5-6,14-15H,7-13H2,1-4H3. The molecule has 0 amide bonds. The normalized spacial score (nSPS) is 27.5. The molecule has 0 aromatic heterocycles. The molecule has 7 heteroatoms. The Morgan fingerprint density at radius 1 is 1.06 bits per heavy atom. The van der Waals surface area contributed by atoms with Crippen LogP contribution in [-0.4, -0.2) is 73.0 Å². The van der Waals surface area contributed by atoms with Crippen molar-refractivity contribution >= 4 is 17.8 Å². The maximum atomic E-state index is 13.1. The van der Waals surface area contributed by atoms with Gasteiger partial charge in [0, 0.05) is 50.6 Å². The van der Waals surface area contributed by atoms with Crippen molar-refractivity contribution < 1.29 is 23.8 Å². The van der Waals surface area contributed by atoms with Crippen molar-refractivity contribution in [3.63, 3.8) is 0 Å². The Morgan fingerprint density at radius 2 is 1.81 bits per heavy atom. The molecule has 0 spiro atoms. The topological polar surface area (TPSA) is 68.3 Å². The van der Waals surface area contributed by atoms with Crippen LogP contribution in [0, 0.1) is 0 Å². The zero-order valence-electron chi connectivity index (χ0n) is 18.7. The molecule has 2 atom stereocenters. The first-order chi connectivity index (χ1) is 14.7. The van der Waals surface area contributed by atoms with Crippen molar-refractivity contribution in [1.29, 1.82) is 0 Å². The monoisotopic (exact) mass is 426 g/mol. The average Bonchev–Trinajstić information content (AvgIpc) is 2.68. The van der Waals surface area contributed by atoms with Gasteiger partial charge in [-0.05, 0) is 40.0 Å². The van der Waals surface area contributed by atoms with Crippen LogP contribution in [0.15, 0.2) is 6.08 Å². The van der Waals surface area contributed by atoms with Gasteiger partial charge >= 0.3 is 5.97 Å². The molecular weight excluding hydrogens is 396 g/mol. The van der Waals surface area contributed by atoms with Gasteiger partial charge in [0.15, 0.2) is 11.5 Å². The predicted octanol–water partition coefficient (Wildman–Crippen LogP) is 2.86. The van der Waals surface area contributed by atoms with Crippen LogP contribution in [0.5, 0.6) is 17.2 Å². The summed E-state index contributed by atoms with van der Waals surface area (Å²) in [6.45, 7) is 10.5. The second-order valence-corrected chi connectivity index (χ2v) is 9.76. The molecule has 4 heterocycles. The van der Waals surface area contributed by atoms with Crippen LogP contribution in [0.25, 0.3) is 6.08 Å². The molecule has 4 aliphatic heterocycles. The summed E-state index contributed by atoms with van der Waals surface area (Å²) in [5.74, 6) is 1.09. The molecule has 0 radical (unpaired) electrons. The van der Waals surface area contributed by atoms with Crippen molar-refractivity contribution in [2.45, 2.75) is 51.2 Å². The number of esters is 1. The number of piperazine rings is 1. The minimum absolute atomic E-state index is 0.0425. The molecule has 1 saturated heterocycles. The average molecular weight is 427 g/mol. The summed E-state index contributed by atoms with van der Waals surface area (Å²) in [5, 5.41) is 0. The van der Waals surface area contributed by atoms with E-state index >= 15 is 0 Å². The largest absolute Gasteiger partial charge is 0.489 e. The number of rotatable bonds is 2. The Labute approximate surface area is 182 Å². The first-order valence-electron chi connectivity index (χ1n) is 11.2. The molecule has 4 aliphatic rings. The third-order valence-corrected chi connectivity index (χ3v) is 6.63. The summed E-state index contributed by atoms with van der Waals surface area (Å²) in [5.41, 5.74) is 1.53. The Kier molecular flexibility index (Phi) is 4.86. The van der Waals surface area contributed by atoms with E-state index in [2.05, 4.69) is 16.8 Å². The summed E-state index contributed by atoms with van der Waals surface area (Å²) >= 11 is 0. The summed E-state index contributed by atoms with van der Waals surface area (Å²) in [6, 6.07) is 0. The molecule has 5 rings (SSSR count). The Balaban J connectivity index is 1.65. The van der Waals surface area contributed by atoms with E-state index in [0.29, 0.717) is 22.8 Å². The fourth-order valence-corrected chi connectivity index (χ4v) is 4.98. The first-order valence-corrected chi connectivity index (χ1v) is 11.2. The number of Topliss-reactive ketones (excluding diaryl/α,β-unsaturated/α-hetero) is 1. The van der Waals surface area contributed by atoms with E-state index in [4.69, 9.17) is 14.2 Å². The van der Waals surface area contributed by atoms with Gasteiger partial charge < -0.3 is 24.0 Å². The van der Waals surface area contributed by atoms with Crippen LogP contribution in [0.3, 0.4) is 0 Å². The van der Waals surface area contributed by atoms with E-state index in [9.17, 15) is 9.59 Å². The lowest BCUT2D eigenvalue weighted by Gasteiger charge is -2.39. The smallest absolute Gasteiger partial charge is 0.311 e. The molecule has 0 bridgehead atoms. The van der Waals surface area contributed by atoms with Crippen molar-refractivity contribution in [2.24, 2.45) is 0 Å². The molecular formula is C24H30N2O5. The summed E-state index contributed by atoms with van der Waals surface area (Å²) in [7, 11) is 2.13. The third-order valence-electron chi connectivity index (χ3n) is 6.63.